The van der Waals surface area contributed by atoms with Crippen LogP contribution >= 0.6 is 0 Å². The summed E-state index contributed by atoms with van der Waals surface area (Å²) in [5.74, 6) is 1.34. The summed E-state index contributed by atoms with van der Waals surface area (Å²) in [6, 6.07) is 17.0. The highest BCUT2D eigenvalue weighted by atomic mass is 16.5. The Bertz CT molecular complexity index is 1390. The van der Waals surface area contributed by atoms with Gasteiger partial charge in [0.1, 0.15) is 5.75 Å². The molecule has 3 aromatic heterocycles. The molecule has 0 spiro atoms. The Hall–Kier alpha value is -4.27. The van der Waals surface area contributed by atoms with E-state index >= 15 is 0 Å². The molecule has 1 N–H and O–H groups in total. The molecular weight excluding hydrogens is 394 g/mol. The van der Waals surface area contributed by atoms with Gasteiger partial charge in [-0.15, -0.1) is 5.10 Å². The fourth-order valence-corrected chi connectivity index (χ4v) is 3.39. The van der Waals surface area contributed by atoms with E-state index in [1.165, 1.54) is 0 Å². The van der Waals surface area contributed by atoms with Crippen LogP contribution in [0.4, 0.5) is 5.95 Å². The third-order valence-corrected chi connectivity index (χ3v) is 4.88. The number of nitrogens with zero attached hydrogens (tertiary/aromatic N) is 6. The Labute approximate surface area is 177 Å². The van der Waals surface area contributed by atoms with Crippen LogP contribution in [0.25, 0.3) is 28.1 Å². The van der Waals surface area contributed by atoms with E-state index in [1.54, 1.807) is 16.3 Å². The van der Waals surface area contributed by atoms with Crippen LogP contribution in [0, 0.1) is 0 Å². The predicted molar refractivity (Wildman–Crippen MR) is 116 cm³/mol. The molecule has 0 aliphatic carbocycles. The van der Waals surface area contributed by atoms with Gasteiger partial charge in [-0.2, -0.15) is 14.6 Å². The average Bonchev–Trinajstić information content (AvgIpc) is 3.38. The number of ether oxygens (including phenoxy) is 1. The van der Waals surface area contributed by atoms with Gasteiger partial charge in [0.2, 0.25) is 11.9 Å². The quantitative estimate of drug-likeness (QED) is 0.476. The number of hydrogen-bond donors (Lipinski definition) is 1. The molecule has 0 fully saturated rings. The summed E-state index contributed by atoms with van der Waals surface area (Å²) in [6.07, 6.45) is 2.06. The smallest absolute Gasteiger partial charge is 0.234 e. The van der Waals surface area contributed by atoms with E-state index in [0.717, 1.165) is 22.3 Å². The van der Waals surface area contributed by atoms with E-state index in [1.807, 2.05) is 67.8 Å². The highest BCUT2D eigenvalue weighted by Crippen LogP contribution is 2.25. The molecule has 9 nitrogen and oxygen atoms in total. The van der Waals surface area contributed by atoms with Crippen LogP contribution in [0.1, 0.15) is 5.56 Å². The zero-order chi connectivity index (χ0) is 21.4. The Morgan fingerprint density at radius 1 is 1.03 bits per heavy atom. The van der Waals surface area contributed by atoms with E-state index in [-0.39, 0.29) is 18.3 Å². The molecule has 0 aliphatic rings. The van der Waals surface area contributed by atoms with Crippen LogP contribution in [0.2, 0.25) is 0 Å². The highest BCUT2D eigenvalue weighted by molar-refractivity contribution is 5.95. The van der Waals surface area contributed by atoms with E-state index in [2.05, 4.69) is 20.5 Å². The number of nitrogens with one attached hydrogen (secondary N) is 1. The molecule has 0 unspecified atom stereocenters. The molecule has 3 heterocycles. The molecule has 0 bridgehead atoms. The van der Waals surface area contributed by atoms with Gasteiger partial charge >= 0.3 is 0 Å². The van der Waals surface area contributed by atoms with Crippen molar-refractivity contribution in [3.63, 3.8) is 0 Å². The number of amides is 1. The SMILES string of the molecule is COc1ccc(-c2nc3c4cn(C)nc4nc(NC(=O)Cc4ccccc4)n3n2)cc1. The monoisotopic (exact) mass is 413 g/mol. The average molecular weight is 413 g/mol. The zero-order valence-electron chi connectivity index (χ0n) is 17.0. The Balaban J connectivity index is 1.57. The summed E-state index contributed by atoms with van der Waals surface area (Å²) in [6.45, 7) is 0. The van der Waals surface area contributed by atoms with Crippen molar-refractivity contribution in [2.24, 2.45) is 7.05 Å². The number of rotatable bonds is 5. The van der Waals surface area contributed by atoms with Crippen LogP contribution in [-0.2, 0) is 18.3 Å². The Kier molecular flexibility index (Phi) is 4.55. The minimum absolute atomic E-state index is 0.197. The van der Waals surface area contributed by atoms with Crippen molar-refractivity contribution in [3.05, 3.63) is 66.4 Å². The largest absolute Gasteiger partial charge is 0.497 e. The van der Waals surface area contributed by atoms with E-state index in [4.69, 9.17) is 9.72 Å². The lowest BCUT2D eigenvalue weighted by Crippen LogP contribution is -2.18. The van der Waals surface area contributed by atoms with Gasteiger partial charge in [-0.1, -0.05) is 30.3 Å². The molecule has 1 amide bonds. The maximum absolute atomic E-state index is 12.7. The number of anilines is 1. The molecule has 0 radical (unpaired) electrons. The van der Waals surface area contributed by atoms with Gasteiger partial charge < -0.3 is 4.74 Å². The van der Waals surface area contributed by atoms with Gasteiger partial charge in [-0.25, -0.2) is 4.98 Å². The normalized spacial score (nSPS) is 11.2. The van der Waals surface area contributed by atoms with E-state index < -0.39 is 0 Å². The van der Waals surface area contributed by atoms with Gasteiger partial charge in [0.15, 0.2) is 17.1 Å². The predicted octanol–water partition coefficient (Wildman–Crippen LogP) is 2.87. The molecule has 0 saturated carbocycles. The van der Waals surface area contributed by atoms with E-state index in [9.17, 15) is 4.79 Å². The first kappa shape index (κ1) is 18.7. The number of aromatic nitrogens is 6. The number of aryl methyl sites for hydroxylation is 1. The van der Waals surface area contributed by atoms with Gasteiger partial charge in [0.25, 0.3) is 0 Å². The second-order valence-corrected chi connectivity index (χ2v) is 7.09. The van der Waals surface area contributed by atoms with Crippen LogP contribution in [0.3, 0.4) is 0 Å². The lowest BCUT2D eigenvalue weighted by atomic mass is 10.1. The molecule has 9 heteroatoms. The molecular formula is C22H19N7O2. The number of carbonyl (C=O) groups excluding carboxylic acids is 1. The molecule has 5 rings (SSSR count). The van der Waals surface area contributed by atoms with Crippen molar-refractivity contribution in [1.29, 1.82) is 0 Å². The first-order chi connectivity index (χ1) is 15.1. The second-order valence-electron chi connectivity index (χ2n) is 7.09. The maximum Gasteiger partial charge on any atom is 0.234 e. The van der Waals surface area contributed by atoms with E-state index in [0.29, 0.717) is 17.1 Å². The molecule has 154 valence electrons. The molecule has 5 aromatic rings. The third-order valence-electron chi connectivity index (χ3n) is 4.88. The van der Waals surface area contributed by atoms with Crippen molar-refractivity contribution < 1.29 is 9.53 Å². The van der Waals surface area contributed by atoms with Gasteiger partial charge in [0, 0.05) is 18.8 Å². The van der Waals surface area contributed by atoms with Crippen molar-refractivity contribution in [1.82, 2.24) is 29.4 Å². The topological polar surface area (TPSA) is 99.2 Å². The molecule has 31 heavy (non-hydrogen) atoms. The minimum Gasteiger partial charge on any atom is -0.497 e. The lowest BCUT2D eigenvalue weighted by molar-refractivity contribution is -0.115. The summed E-state index contributed by atoms with van der Waals surface area (Å²) in [5.41, 5.74) is 2.79. The summed E-state index contributed by atoms with van der Waals surface area (Å²) < 4.78 is 8.43. The van der Waals surface area contributed by atoms with Gasteiger partial charge in [-0.05, 0) is 29.8 Å². The molecule has 0 saturated heterocycles. The first-order valence-corrected chi connectivity index (χ1v) is 9.69. The fraction of sp³-hybridized carbons (Fsp3) is 0.136. The minimum atomic E-state index is -0.197. The summed E-state index contributed by atoms with van der Waals surface area (Å²) in [5, 5.41) is 12.6. The first-order valence-electron chi connectivity index (χ1n) is 9.69. The number of benzene rings is 2. The van der Waals surface area contributed by atoms with Gasteiger partial charge in [0.05, 0.1) is 18.9 Å². The summed E-state index contributed by atoms with van der Waals surface area (Å²) in [7, 11) is 3.43. The maximum atomic E-state index is 12.7. The standard InChI is InChI=1S/C22H19N7O2/c1-28-13-17-20(26-28)25-22(23-18(30)12-14-6-4-3-5-7-14)29-21(17)24-19(27-29)15-8-10-16(31-2)11-9-15/h3-11,13H,12H2,1-2H3,(H,23,25,26,30). The fourth-order valence-electron chi connectivity index (χ4n) is 3.39. The van der Waals surface area contributed by atoms with Gasteiger partial charge in [-0.3, -0.25) is 14.8 Å². The van der Waals surface area contributed by atoms with Crippen LogP contribution in [-0.4, -0.2) is 42.4 Å². The molecule has 0 aliphatic heterocycles. The number of hydrogen-bond acceptors (Lipinski definition) is 6. The van der Waals surface area contributed by atoms with Crippen molar-refractivity contribution in [2.75, 3.05) is 12.4 Å². The van der Waals surface area contributed by atoms with Crippen molar-refractivity contribution in [2.45, 2.75) is 6.42 Å². The molecule has 2 aromatic carbocycles. The van der Waals surface area contributed by atoms with Crippen LogP contribution in [0.5, 0.6) is 5.75 Å². The number of methoxy groups -OCH3 is 1. The summed E-state index contributed by atoms with van der Waals surface area (Å²) >= 11 is 0. The lowest BCUT2D eigenvalue weighted by Gasteiger charge is -2.06. The van der Waals surface area contributed by atoms with Crippen LogP contribution < -0.4 is 10.1 Å². The number of fused-ring (bicyclic) bond motifs is 3. The van der Waals surface area contributed by atoms with Crippen LogP contribution in [0.15, 0.2) is 60.8 Å². The third kappa shape index (κ3) is 3.57. The Morgan fingerprint density at radius 3 is 2.55 bits per heavy atom. The number of carbonyl (C=O) groups is 1. The second kappa shape index (κ2) is 7.52. The zero-order valence-corrected chi connectivity index (χ0v) is 17.0. The van der Waals surface area contributed by atoms with Crippen molar-refractivity contribution in [3.8, 4) is 17.1 Å². The highest BCUT2D eigenvalue weighted by Gasteiger charge is 2.18. The summed E-state index contributed by atoms with van der Waals surface area (Å²) in [4.78, 5) is 21.9. The van der Waals surface area contributed by atoms with Crippen molar-refractivity contribution >= 4 is 28.5 Å². The Morgan fingerprint density at radius 2 is 1.81 bits per heavy atom. The molecule has 0 atom stereocenters.